The van der Waals surface area contributed by atoms with Crippen molar-refractivity contribution in [3.63, 3.8) is 0 Å². The summed E-state index contributed by atoms with van der Waals surface area (Å²) in [6.07, 6.45) is 3.90. The van der Waals surface area contributed by atoms with Gasteiger partial charge >= 0.3 is 5.97 Å². The van der Waals surface area contributed by atoms with Gasteiger partial charge in [0.1, 0.15) is 0 Å². The van der Waals surface area contributed by atoms with Crippen LogP contribution < -0.4 is 5.32 Å². The third-order valence-electron chi connectivity index (χ3n) is 3.52. The summed E-state index contributed by atoms with van der Waals surface area (Å²) in [6.45, 7) is 3.45. The van der Waals surface area contributed by atoms with Crippen molar-refractivity contribution in [3.05, 3.63) is 65.0 Å². The van der Waals surface area contributed by atoms with E-state index in [0.717, 1.165) is 16.7 Å². The summed E-state index contributed by atoms with van der Waals surface area (Å²) in [6, 6.07) is 9.77. The van der Waals surface area contributed by atoms with Gasteiger partial charge in [-0.2, -0.15) is 0 Å². The number of pyridine rings is 1. The minimum atomic E-state index is -0.390. The van der Waals surface area contributed by atoms with Gasteiger partial charge in [0.15, 0.2) is 0 Å². The van der Waals surface area contributed by atoms with Gasteiger partial charge in [-0.1, -0.05) is 24.3 Å². The molecule has 120 valence electrons. The second-order valence-electron chi connectivity index (χ2n) is 5.41. The summed E-state index contributed by atoms with van der Waals surface area (Å²) in [7, 11) is 1.35. The number of esters is 1. The predicted octanol–water partition coefficient (Wildman–Crippen LogP) is 2.66. The van der Waals surface area contributed by atoms with Crippen molar-refractivity contribution in [2.75, 3.05) is 7.11 Å². The van der Waals surface area contributed by atoms with E-state index in [1.807, 2.05) is 31.2 Å². The second kappa shape index (κ2) is 7.54. The third kappa shape index (κ3) is 4.64. The van der Waals surface area contributed by atoms with Crippen molar-refractivity contribution in [1.29, 1.82) is 0 Å². The summed E-state index contributed by atoms with van der Waals surface area (Å²) >= 11 is 0. The van der Waals surface area contributed by atoms with Gasteiger partial charge in [-0.15, -0.1) is 0 Å². The van der Waals surface area contributed by atoms with Crippen LogP contribution in [0.1, 0.15) is 46.9 Å². The summed E-state index contributed by atoms with van der Waals surface area (Å²) in [5.41, 5.74) is 3.54. The highest BCUT2D eigenvalue weighted by Gasteiger charge is 2.08. The average molecular weight is 312 g/mol. The van der Waals surface area contributed by atoms with Crippen LogP contribution >= 0.6 is 0 Å². The Kier molecular flexibility index (Phi) is 5.46. The number of hydrogen-bond donors (Lipinski definition) is 1. The van der Waals surface area contributed by atoms with Gasteiger partial charge < -0.3 is 10.1 Å². The lowest BCUT2D eigenvalue weighted by molar-refractivity contribution is -0.119. The average Bonchev–Trinajstić information content (AvgIpc) is 2.54. The van der Waals surface area contributed by atoms with Crippen LogP contribution in [-0.4, -0.2) is 24.0 Å². The minimum absolute atomic E-state index is 0.0223. The Hall–Kier alpha value is -2.69. The third-order valence-corrected chi connectivity index (χ3v) is 3.52. The maximum absolute atomic E-state index is 11.5. The Balaban J connectivity index is 2.09. The Morgan fingerprint density at radius 2 is 1.87 bits per heavy atom. The highest BCUT2D eigenvalue weighted by molar-refractivity contribution is 5.89. The van der Waals surface area contributed by atoms with Gasteiger partial charge in [0.05, 0.1) is 18.7 Å². The minimum Gasteiger partial charge on any atom is -0.465 e. The summed E-state index contributed by atoms with van der Waals surface area (Å²) in [5, 5.41) is 2.85. The number of carbonyl (C=O) groups excluding carboxylic acids is 2. The molecule has 1 amide bonds. The van der Waals surface area contributed by atoms with Gasteiger partial charge in [-0.25, -0.2) is 4.79 Å². The number of benzene rings is 1. The molecular weight excluding hydrogens is 292 g/mol. The zero-order valence-corrected chi connectivity index (χ0v) is 13.5. The first kappa shape index (κ1) is 16.7. The lowest BCUT2D eigenvalue weighted by Gasteiger charge is -2.13. The molecule has 0 saturated heterocycles. The van der Waals surface area contributed by atoms with Gasteiger partial charge in [0, 0.05) is 19.3 Å². The second-order valence-corrected chi connectivity index (χ2v) is 5.41. The normalized spacial score (nSPS) is 11.6. The maximum atomic E-state index is 11.5. The molecule has 1 N–H and O–H groups in total. The number of amides is 1. The Labute approximate surface area is 135 Å². The first-order chi connectivity index (χ1) is 11.0. The van der Waals surface area contributed by atoms with E-state index >= 15 is 0 Å². The van der Waals surface area contributed by atoms with Crippen LogP contribution in [0.4, 0.5) is 0 Å². The number of rotatable bonds is 5. The summed E-state index contributed by atoms with van der Waals surface area (Å²) in [5.74, 6) is -0.439. The van der Waals surface area contributed by atoms with Crippen LogP contribution in [0.2, 0.25) is 0 Å². The molecule has 2 rings (SSSR count). The van der Waals surface area contributed by atoms with E-state index in [2.05, 4.69) is 10.3 Å². The lowest BCUT2D eigenvalue weighted by Crippen LogP contribution is -2.23. The molecule has 0 fully saturated rings. The number of carbonyl (C=O) groups is 2. The molecule has 0 aliphatic carbocycles. The molecule has 1 heterocycles. The van der Waals surface area contributed by atoms with E-state index in [1.165, 1.54) is 20.2 Å². The summed E-state index contributed by atoms with van der Waals surface area (Å²) < 4.78 is 4.70. The van der Waals surface area contributed by atoms with E-state index in [0.29, 0.717) is 12.0 Å². The SMILES string of the molecule is COC(=O)c1cncc(Cc2ccc([C@@H](C)NC(C)=O)cc2)c1. The van der Waals surface area contributed by atoms with Crippen molar-refractivity contribution < 1.29 is 14.3 Å². The van der Waals surface area contributed by atoms with E-state index < -0.39 is 0 Å². The van der Waals surface area contributed by atoms with Crippen molar-refractivity contribution in [2.45, 2.75) is 26.3 Å². The molecule has 23 heavy (non-hydrogen) atoms. The molecule has 1 aromatic heterocycles. The highest BCUT2D eigenvalue weighted by atomic mass is 16.5. The topological polar surface area (TPSA) is 68.3 Å². The van der Waals surface area contributed by atoms with E-state index in [-0.39, 0.29) is 17.9 Å². The lowest BCUT2D eigenvalue weighted by atomic mass is 10.0. The fourth-order valence-electron chi connectivity index (χ4n) is 2.36. The van der Waals surface area contributed by atoms with Crippen LogP contribution in [0.3, 0.4) is 0 Å². The zero-order valence-electron chi connectivity index (χ0n) is 13.5. The molecule has 0 aliphatic heterocycles. The quantitative estimate of drug-likeness (QED) is 0.862. The van der Waals surface area contributed by atoms with Crippen molar-refractivity contribution in [3.8, 4) is 0 Å². The Bertz CT molecular complexity index is 696. The number of ether oxygens (including phenoxy) is 1. The zero-order chi connectivity index (χ0) is 16.8. The van der Waals surface area contributed by atoms with Crippen LogP contribution in [0.5, 0.6) is 0 Å². The highest BCUT2D eigenvalue weighted by Crippen LogP contribution is 2.16. The molecule has 2 aromatic rings. The molecule has 1 aromatic carbocycles. The summed E-state index contributed by atoms with van der Waals surface area (Å²) in [4.78, 5) is 26.7. The van der Waals surface area contributed by atoms with Crippen molar-refractivity contribution >= 4 is 11.9 Å². The predicted molar refractivity (Wildman–Crippen MR) is 87.1 cm³/mol. The Morgan fingerprint density at radius 3 is 2.48 bits per heavy atom. The molecule has 0 bridgehead atoms. The molecule has 0 aliphatic rings. The van der Waals surface area contributed by atoms with Crippen LogP contribution in [0.25, 0.3) is 0 Å². The van der Waals surface area contributed by atoms with Crippen LogP contribution in [0, 0.1) is 0 Å². The molecule has 5 nitrogen and oxygen atoms in total. The van der Waals surface area contributed by atoms with Gasteiger partial charge in [-0.3, -0.25) is 9.78 Å². The molecule has 0 radical (unpaired) electrons. The maximum Gasteiger partial charge on any atom is 0.339 e. The van der Waals surface area contributed by atoms with Gasteiger partial charge in [0.2, 0.25) is 5.91 Å². The largest absolute Gasteiger partial charge is 0.465 e. The van der Waals surface area contributed by atoms with E-state index in [9.17, 15) is 9.59 Å². The fraction of sp³-hybridized carbons (Fsp3) is 0.278. The Morgan fingerprint density at radius 1 is 1.17 bits per heavy atom. The number of methoxy groups -OCH3 is 1. The number of hydrogen-bond acceptors (Lipinski definition) is 4. The van der Waals surface area contributed by atoms with Crippen molar-refractivity contribution in [2.24, 2.45) is 0 Å². The molecule has 0 unspecified atom stereocenters. The molecule has 0 spiro atoms. The first-order valence-electron chi connectivity index (χ1n) is 7.37. The standard InChI is InChI=1S/C18H20N2O3/c1-12(20-13(2)21)16-6-4-14(5-7-16)8-15-9-17(11-19-10-15)18(22)23-3/h4-7,9-12H,8H2,1-3H3,(H,20,21)/t12-/m1/s1. The molecule has 1 atom stereocenters. The van der Waals surface area contributed by atoms with Crippen LogP contribution in [-0.2, 0) is 16.0 Å². The molecular formula is C18H20N2O3. The van der Waals surface area contributed by atoms with Crippen molar-refractivity contribution in [1.82, 2.24) is 10.3 Å². The smallest absolute Gasteiger partial charge is 0.339 e. The first-order valence-corrected chi connectivity index (χ1v) is 7.37. The van der Waals surface area contributed by atoms with Gasteiger partial charge in [-0.05, 0) is 36.1 Å². The number of nitrogens with zero attached hydrogens (tertiary/aromatic N) is 1. The fourth-order valence-corrected chi connectivity index (χ4v) is 2.36. The van der Waals surface area contributed by atoms with E-state index in [4.69, 9.17) is 4.74 Å². The van der Waals surface area contributed by atoms with Gasteiger partial charge in [0.25, 0.3) is 0 Å². The monoisotopic (exact) mass is 312 g/mol. The number of aromatic nitrogens is 1. The molecule has 0 saturated carbocycles. The number of nitrogens with one attached hydrogen (secondary N) is 1. The van der Waals surface area contributed by atoms with E-state index in [1.54, 1.807) is 12.3 Å². The molecule has 5 heteroatoms. The van der Waals surface area contributed by atoms with Crippen LogP contribution in [0.15, 0.2) is 42.7 Å².